The predicted molar refractivity (Wildman–Crippen MR) is 72.1 cm³/mol. The second-order valence-electron chi connectivity index (χ2n) is 5.44. The van der Waals surface area contributed by atoms with Crippen LogP contribution in [0.5, 0.6) is 0 Å². The van der Waals surface area contributed by atoms with Crippen LogP contribution in [-0.2, 0) is 0 Å². The molecule has 2 atom stereocenters. The Kier molecular flexibility index (Phi) is 5.87. The maximum absolute atomic E-state index is 12.7. The highest BCUT2D eigenvalue weighted by Crippen LogP contribution is 2.28. The Balaban J connectivity index is 2.73. The zero-order chi connectivity index (χ0) is 12.9. The summed E-state index contributed by atoms with van der Waals surface area (Å²) < 4.78 is 12.7. The standard InChI is InChI=1S/C14H29FN2/c1-5-12(4)13-10-17(9-8-15)14(6-2,7-3)11-16-13/h12-13,16H,5-11H2,1-4H3. The van der Waals surface area contributed by atoms with Crippen molar-refractivity contribution in [2.45, 2.75) is 58.5 Å². The van der Waals surface area contributed by atoms with Crippen molar-refractivity contribution in [3.05, 3.63) is 0 Å². The molecule has 3 heteroatoms. The van der Waals surface area contributed by atoms with Crippen molar-refractivity contribution in [1.82, 2.24) is 10.2 Å². The van der Waals surface area contributed by atoms with Gasteiger partial charge in [0.1, 0.15) is 6.67 Å². The summed E-state index contributed by atoms with van der Waals surface area (Å²) in [6.07, 6.45) is 3.39. The molecule has 0 aromatic rings. The highest BCUT2D eigenvalue weighted by molar-refractivity contribution is 4.98. The minimum Gasteiger partial charge on any atom is -0.311 e. The van der Waals surface area contributed by atoms with Crippen molar-refractivity contribution in [3.63, 3.8) is 0 Å². The first-order valence-electron chi connectivity index (χ1n) is 7.17. The number of hydrogen-bond donors (Lipinski definition) is 1. The van der Waals surface area contributed by atoms with Gasteiger partial charge in [-0.15, -0.1) is 0 Å². The number of alkyl halides is 1. The van der Waals surface area contributed by atoms with Gasteiger partial charge < -0.3 is 5.32 Å². The second-order valence-corrected chi connectivity index (χ2v) is 5.44. The molecule has 1 saturated heterocycles. The molecule has 0 aromatic carbocycles. The fourth-order valence-electron chi connectivity index (χ4n) is 2.97. The lowest BCUT2D eigenvalue weighted by Gasteiger charge is -2.50. The summed E-state index contributed by atoms with van der Waals surface area (Å²) in [5, 5.41) is 3.69. The van der Waals surface area contributed by atoms with Crippen LogP contribution in [0, 0.1) is 5.92 Å². The van der Waals surface area contributed by atoms with Crippen LogP contribution in [0.3, 0.4) is 0 Å². The van der Waals surface area contributed by atoms with E-state index >= 15 is 0 Å². The van der Waals surface area contributed by atoms with Crippen molar-refractivity contribution in [2.24, 2.45) is 5.92 Å². The Morgan fingerprint density at radius 1 is 1.35 bits per heavy atom. The minimum atomic E-state index is -0.227. The van der Waals surface area contributed by atoms with E-state index in [0.717, 1.165) is 25.9 Å². The normalized spacial score (nSPS) is 27.0. The Labute approximate surface area is 106 Å². The van der Waals surface area contributed by atoms with Crippen LogP contribution in [0.15, 0.2) is 0 Å². The van der Waals surface area contributed by atoms with Crippen molar-refractivity contribution in [2.75, 3.05) is 26.3 Å². The van der Waals surface area contributed by atoms with Gasteiger partial charge in [0.05, 0.1) is 0 Å². The van der Waals surface area contributed by atoms with Gasteiger partial charge in [-0.05, 0) is 18.8 Å². The smallest absolute Gasteiger partial charge is 0.102 e. The van der Waals surface area contributed by atoms with Gasteiger partial charge in [0.2, 0.25) is 0 Å². The molecule has 0 bridgehead atoms. The number of nitrogens with one attached hydrogen (secondary N) is 1. The van der Waals surface area contributed by atoms with Crippen LogP contribution in [0.1, 0.15) is 47.0 Å². The molecule has 0 radical (unpaired) electrons. The summed E-state index contributed by atoms with van der Waals surface area (Å²) in [7, 11) is 0. The summed E-state index contributed by atoms with van der Waals surface area (Å²) in [5.74, 6) is 0.670. The molecule has 1 aliphatic rings. The van der Waals surface area contributed by atoms with Crippen molar-refractivity contribution in [1.29, 1.82) is 0 Å². The molecular weight excluding hydrogens is 215 g/mol. The van der Waals surface area contributed by atoms with Crippen LogP contribution in [0.4, 0.5) is 4.39 Å². The molecule has 17 heavy (non-hydrogen) atoms. The first kappa shape index (κ1) is 14.9. The van der Waals surface area contributed by atoms with Gasteiger partial charge >= 0.3 is 0 Å². The van der Waals surface area contributed by atoms with Crippen LogP contribution < -0.4 is 5.32 Å². The quantitative estimate of drug-likeness (QED) is 0.773. The van der Waals surface area contributed by atoms with Gasteiger partial charge in [-0.3, -0.25) is 4.90 Å². The number of rotatable bonds is 6. The third-order valence-corrected chi connectivity index (χ3v) is 4.78. The molecule has 2 unspecified atom stereocenters. The van der Waals surface area contributed by atoms with Crippen LogP contribution in [-0.4, -0.2) is 42.8 Å². The fourth-order valence-corrected chi connectivity index (χ4v) is 2.97. The monoisotopic (exact) mass is 244 g/mol. The lowest BCUT2D eigenvalue weighted by Crippen LogP contribution is -2.65. The van der Waals surface area contributed by atoms with E-state index in [4.69, 9.17) is 0 Å². The zero-order valence-corrected chi connectivity index (χ0v) is 11.9. The molecule has 1 heterocycles. The lowest BCUT2D eigenvalue weighted by atomic mass is 9.84. The van der Waals surface area contributed by atoms with Crippen LogP contribution in [0.2, 0.25) is 0 Å². The lowest BCUT2D eigenvalue weighted by molar-refractivity contribution is 0.0163. The van der Waals surface area contributed by atoms with E-state index in [-0.39, 0.29) is 12.2 Å². The summed E-state index contributed by atoms with van der Waals surface area (Å²) in [6.45, 7) is 11.3. The Morgan fingerprint density at radius 2 is 2.00 bits per heavy atom. The van der Waals surface area contributed by atoms with Gasteiger partial charge in [-0.2, -0.15) is 0 Å². The highest BCUT2D eigenvalue weighted by atomic mass is 19.1. The molecule has 0 spiro atoms. The highest BCUT2D eigenvalue weighted by Gasteiger charge is 2.39. The summed E-state index contributed by atoms with van der Waals surface area (Å²) in [6, 6.07) is 0.526. The van der Waals surface area contributed by atoms with E-state index in [0.29, 0.717) is 18.5 Å². The molecule has 1 N–H and O–H groups in total. The Hall–Kier alpha value is -0.150. The summed E-state index contributed by atoms with van der Waals surface area (Å²) in [5.41, 5.74) is 0.177. The molecule has 0 amide bonds. The maximum Gasteiger partial charge on any atom is 0.102 e. The number of hydrogen-bond acceptors (Lipinski definition) is 2. The van der Waals surface area contributed by atoms with Crippen molar-refractivity contribution in [3.8, 4) is 0 Å². The van der Waals surface area contributed by atoms with E-state index in [1.54, 1.807) is 0 Å². The number of nitrogens with zero attached hydrogens (tertiary/aromatic N) is 1. The molecule has 1 aliphatic heterocycles. The Bertz CT molecular complexity index is 216. The van der Waals surface area contributed by atoms with Gasteiger partial charge in [0.25, 0.3) is 0 Å². The minimum absolute atomic E-state index is 0.177. The van der Waals surface area contributed by atoms with E-state index in [2.05, 4.69) is 37.9 Å². The van der Waals surface area contributed by atoms with E-state index in [9.17, 15) is 4.39 Å². The van der Waals surface area contributed by atoms with E-state index in [1.165, 1.54) is 6.42 Å². The molecule has 0 aromatic heterocycles. The Morgan fingerprint density at radius 3 is 2.47 bits per heavy atom. The SMILES string of the molecule is CCC(C)C1CN(CCF)C(CC)(CC)CN1. The van der Waals surface area contributed by atoms with Gasteiger partial charge in [0.15, 0.2) is 0 Å². The molecule has 1 rings (SSSR count). The average Bonchev–Trinajstić information content (AvgIpc) is 2.38. The number of piperazine rings is 1. The summed E-state index contributed by atoms with van der Waals surface area (Å²) in [4.78, 5) is 2.39. The van der Waals surface area contributed by atoms with Gasteiger partial charge in [0, 0.05) is 31.2 Å². The largest absolute Gasteiger partial charge is 0.311 e. The second kappa shape index (κ2) is 6.69. The molecule has 0 saturated carbocycles. The maximum atomic E-state index is 12.7. The van der Waals surface area contributed by atoms with E-state index in [1.807, 2.05) is 0 Å². The van der Waals surface area contributed by atoms with Gasteiger partial charge in [-0.25, -0.2) is 4.39 Å². The fraction of sp³-hybridized carbons (Fsp3) is 1.00. The third kappa shape index (κ3) is 3.19. The average molecular weight is 244 g/mol. The topological polar surface area (TPSA) is 15.3 Å². The molecule has 2 nitrogen and oxygen atoms in total. The van der Waals surface area contributed by atoms with E-state index < -0.39 is 0 Å². The predicted octanol–water partition coefficient (Wildman–Crippen LogP) is 2.83. The zero-order valence-electron chi connectivity index (χ0n) is 11.9. The van der Waals surface area contributed by atoms with Crippen LogP contribution >= 0.6 is 0 Å². The third-order valence-electron chi connectivity index (χ3n) is 4.78. The molecule has 1 fully saturated rings. The van der Waals surface area contributed by atoms with Crippen molar-refractivity contribution < 1.29 is 4.39 Å². The molecule has 102 valence electrons. The molecular formula is C14H29FN2. The first-order valence-corrected chi connectivity index (χ1v) is 7.17. The van der Waals surface area contributed by atoms with Crippen LogP contribution in [0.25, 0.3) is 0 Å². The molecule has 0 aliphatic carbocycles. The van der Waals surface area contributed by atoms with Crippen molar-refractivity contribution >= 4 is 0 Å². The number of halogens is 1. The summed E-state index contributed by atoms with van der Waals surface area (Å²) >= 11 is 0. The first-order chi connectivity index (χ1) is 8.13. The van der Waals surface area contributed by atoms with Gasteiger partial charge in [-0.1, -0.05) is 34.1 Å².